The molecule has 1 aliphatic heterocycles. The molecule has 7 heteroatoms. The van der Waals surface area contributed by atoms with Crippen LogP contribution < -0.4 is 5.32 Å². The molecule has 2 N–H and O–H groups in total. The van der Waals surface area contributed by atoms with Gasteiger partial charge in [-0.1, -0.05) is 25.1 Å². The van der Waals surface area contributed by atoms with Crippen LogP contribution in [0.25, 0.3) is 0 Å². The number of nitrogens with zero attached hydrogens (tertiary/aromatic N) is 2. The zero-order valence-corrected chi connectivity index (χ0v) is 15.6. The van der Waals surface area contributed by atoms with E-state index in [1.807, 2.05) is 32.0 Å². The van der Waals surface area contributed by atoms with E-state index in [0.717, 1.165) is 5.56 Å². The van der Waals surface area contributed by atoms with Gasteiger partial charge in [0.15, 0.2) is 0 Å². The van der Waals surface area contributed by atoms with Crippen LogP contribution in [0.1, 0.15) is 32.8 Å². The molecule has 0 spiro atoms. The molecule has 2 unspecified atom stereocenters. The van der Waals surface area contributed by atoms with Crippen LogP contribution in [0.2, 0.25) is 0 Å². The SMILES string of the molecule is CCN(Cc1ccccc1NC(=O)N1CC(C)CC(C(=O)O)C1)C(C)=O. The molecule has 0 radical (unpaired) electrons. The molecule has 1 heterocycles. The van der Waals surface area contributed by atoms with Gasteiger partial charge in [-0.05, 0) is 30.9 Å². The second-order valence-corrected chi connectivity index (χ2v) is 6.90. The van der Waals surface area contributed by atoms with Gasteiger partial charge in [0.05, 0.1) is 5.92 Å². The number of hydrogen-bond donors (Lipinski definition) is 2. The lowest BCUT2D eigenvalue weighted by Crippen LogP contribution is -2.47. The first-order valence-electron chi connectivity index (χ1n) is 8.94. The average Bonchev–Trinajstić information content (AvgIpc) is 2.59. The molecular weight excluding hydrogens is 334 g/mol. The second-order valence-electron chi connectivity index (χ2n) is 6.90. The molecule has 1 aliphatic rings. The van der Waals surface area contributed by atoms with E-state index in [4.69, 9.17) is 0 Å². The maximum atomic E-state index is 12.7. The van der Waals surface area contributed by atoms with Gasteiger partial charge in [0.1, 0.15) is 0 Å². The highest BCUT2D eigenvalue weighted by Crippen LogP contribution is 2.24. The number of aliphatic carboxylic acids is 1. The monoisotopic (exact) mass is 361 g/mol. The van der Waals surface area contributed by atoms with Crippen LogP contribution in [-0.2, 0) is 16.1 Å². The van der Waals surface area contributed by atoms with Crippen molar-refractivity contribution in [2.75, 3.05) is 25.0 Å². The number of likely N-dealkylation sites (tertiary alicyclic amines) is 1. The van der Waals surface area contributed by atoms with Gasteiger partial charge >= 0.3 is 12.0 Å². The highest BCUT2D eigenvalue weighted by Gasteiger charge is 2.32. The molecule has 2 rings (SSSR count). The van der Waals surface area contributed by atoms with Gasteiger partial charge in [0.2, 0.25) is 5.91 Å². The zero-order valence-electron chi connectivity index (χ0n) is 15.6. The lowest BCUT2D eigenvalue weighted by Gasteiger charge is -2.34. The number of para-hydroxylation sites is 1. The first-order valence-corrected chi connectivity index (χ1v) is 8.94. The number of carboxylic acid groups (broad SMARTS) is 1. The summed E-state index contributed by atoms with van der Waals surface area (Å²) >= 11 is 0. The van der Waals surface area contributed by atoms with Crippen molar-refractivity contribution in [2.24, 2.45) is 11.8 Å². The maximum Gasteiger partial charge on any atom is 0.321 e. The third-order valence-electron chi connectivity index (χ3n) is 4.74. The van der Waals surface area contributed by atoms with E-state index < -0.39 is 11.9 Å². The number of hydrogen-bond acceptors (Lipinski definition) is 3. The topological polar surface area (TPSA) is 90.0 Å². The Bertz CT molecular complexity index is 677. The van der Waals surface area contributed by atoms with Gasteiger partial charge in [-0.15, -0.1) is 0 Å². The lowest BCUT2D eigenvalue weighted by atomic mass is 9.91. The molecule has 0 aromatic heterocycles. The van der Waals surface area contributed by atoms with Crippen molar-refractivity contribution in [1.82, 2.24) is 9.80 Å². The van der Waals surface area contributed by atoms with Crippen molar-refractivity contribution >= 4 is 23.6 Å². The Morgan fingerprint density at radius 1 is 1.27 bits per heavy atom. The average molecular weight is 361 g/mol. The lowest BCUT2D eigenvalue weighted by molar-refractivity contribution is -0.143. The second kappa shape index (κ2) is 8.69. The van der Waals surface area contributed by atoms with E-state index >= 15 is 0 Å². The summed E-state index contributed by atoms with van der Waals surface area (Å²) in [6, 6.07) is 7.05. The quantitative estimate of drug-likeness (QED) is 0.844. The molecule has 3 amide bonds. The highest BCUT2D eigenvalue weighted by molar-refractivity contribution is 5.90. The summed E-state index contributed by atoms with van der Waals surface area (Å²) in [5.74, 6) is -1.29. The fourth-order valence-electron chi connectivity index (χ4n) is 3.32. The molecular formula is C19H27N3O4. The summed E-state index contributed by atoms with van der Waals surface area (Å²) in [5.41, 5.74) is 1.49. The Kier molecular flexibility index (Phi) is 6.60. The molecule has 0 bridgehead atoms. The van der Waals surface area contributed by atoms with E-state index in [9.17, 15) is 19.5 Å². The van der Waals surface area contributed by atoms with Crippen LogP contribution in [0.3, 0.4) is 0 Å². The number of amides is 3. The van der Waals surface area contributed by atoms with Crippen LogP contribution in [-0.4, -0.2) is 52.4 Å². The normalized spacial score (nSPS) is 19.7. The maximum absolute atomic E-state index is 12.7. The number of carbonyl (C=O) groups excluding carboxylic acids is 2. The number of piperidine rings is 1. The number of carboxylic acids is 1. The number of benzene rings is 1. The Hall–Kier alpha value is -2.57. The highest BCUT2D eigenvalue weighted by atomic mass is 16.4. The summed E-state index contributed by atoms with van der Waals surface area (Å²) < 4.78 is 0. The minimum atomic E-state index is -0.866. The Balaban J connectivity index is 2.11. The number of anilines is 1. The van der Waals surface area contributed by atoms with Gasteiger partial charge in [-0.25, -0.2) is 4.79 Å². The van der Waals surface area contributed by atoms with Gasteiger partial charge in [-0.3, -0.25) is 9.59 Å². The largest absolute Gasteiger partial charge is 0.481 e. The van der Waals surface area contributed by atoms with Crippen molar-refractivity contribution in [3.05, 3.63) is 29.8 Å². The molecule has 1 aromatic carbocycles. The molecule has 1 fully saturated rings. The molecule has 1 saturated heterocycles. The van der Waals surface area contributed by atoms with Crippen LogP contribution in [0.5, 0.6) is 0 Å². The molecule has 142 valence electrons. The van der Waals surface area contributed by atoms with Crippen molar-refractivity contribution < 1.29 is 19.5 Å². The summed E-state index contributed by atoms with van der Waals surface area (Å²) in [5, 5.41) is 12.2. The predicted molar refractivity (Wildman–Crippen MR) is 98.7 cm³/mol. The standard InChI is InChI=1S/C19H27N3O4/c1-4-21(14(3)23)11-15-7-5-6-8-17(15)20-19(26)22-10-13(2)9-16(12-22)18(24)25/h5-8,13,16H,4,9-12H2,1-3H3,(H,20,26)(H,24,25). The Labute approximate surface area is 154 Å². The van der Waals surface area contributed by atoms with E-state index in [1.165, 1.54) is 6.92 Å². The van der Waals surface area contributed by atoms with Gasteiger partial charge < -0.3 is 20.2 Å². The van der Waals surface area contributed by atoms with Crippen molar-refractivity contribution in [3.63, 3.8) is 0 Å². The van der Waals surface area contributed by atoms with Crippen molar-refractivity contribution in [2.45, 2.75) is 33.7 Å². The third kappa shape index (κ3) is 4.97. The van der Waals surface area contributed by atoms with Crippen molar-refractivity contribution in [1.29, 1.82) is 0 Å². The molecule has 0 saturated carbocycles. The molecule has 7 nitrogen and oxygen atoms in total. The zero-order chi connectivity index (χ0) is 19.3. The van der Waals surface area contributed by atoms with Gasteiger partial charge in [0.25, 0.3) is 0 Å². The van der Waals surface area contributed by atoms with Crippen LogP contribution in [0.4, 0.5) is 10.5 Å². The minimum absolute atomic E-state index is 0.0252. The van der Waals surface area contributed by atoms with Crippen LogP contribution >= 0.6 is 0 Å². The van der Waals surface area contributed by atoms with Gasteiger partial charge in [-0.2, -0.15) is 0 Å². The summed E-state index contributed by atoms with van der Waals surface area (Å²) in [6.45, 7) is 7.12. The van der Waals surface area contributed by atoms with E-state index in [0.29, 0.717) is 31.7 Å². The Morgan fingerprint density at radius 2 is 1.96 bits per heavy atom. The summed E-state index contributed by atoms with van der Waals surface area (Å²) in [6.07, 6.45) is 0.583. The minimum Gasteiger partial charge on any atom is -0.481 e. The van der Waals surface area contributed by atoms with Crippen LogP contribution in [0, 0.1) is 11.8 Å². The number of nitrogens with one attached hydrogen (secondary N) is 1. The molecule has 0 aliphatic carbocycles. The summed E-state index contributed by atoms with van der Waals surface area (Å²) in [4.78, 5) is 38.9. The first-order chi connectivity index (χ1) is 12.3. The molecule has 26 heavy (non-hydrogen) atoms. The van der Waals surface area contributed by atoms with Gasteiger partial charge in [0, 0.05) is 38.8 Å². The molecule has 1 aromatic rings. The third-order valence-corrected chi connectivity index (χ3v) is 4.74. The van der Waals surface area contributed by atoms with E-state index in [1.54, 1.807) is 15.9 Å². The first kappa shape index (κ1) is 19.8. The summed E-state index contributed by atoms with van der Waals surface area (Å²) in [7, 11) is 0. The predicted octanol–water partition coefficient (Wildman–Crippen LogP) is 2.63. The van der Waals surface area contributed by atoms with E-state index in [2.05, 4.69) is 5.32 Å². The van der Waals surface area contributed by atoms with Crippen molar-refractivity contribution in [3.8, 4) is 0 Å². The van der Waals surface area contributed by atoms with E-state index in [-0.39, 0.29) is 24.4 Å². The number of urea groups is 1. The van der Waals surface area contributed by atoms with Crippen LogP contribution in [0.15, 0.2) is 24.3 Å². The fourth-order valence-corrected chi connectivity index (χ4v) is 3.32. The number of carbonyl (C=O) groups is 3. The fraction of sp³-hybridized carbons (Fsp3) is 0.526. The number of rotatable bonds is 5. The Morgan fingerprint density at radius 3 is 2.58 bits per heavy atom. The molecule has 2 atom stereocenters. The smallest absolute Gasteiger partial charge is 0.321 e.